The van der Waals surface area contributed by atoms with Crippen molar-refractivity contribution in [3.05, 3.63) is 0 Å². The van der Waals surface area contributed by atoms with E-state index in [0.717, 1.165) is 0 Å². The van der Waals surface area contributed by atoms with Crippen molar-refractivity contribution >= 4 is 9.15 Å². The summed E-state index contributed by atoms with van der Waals surface area (Å²) in [6.07, 6.45) is 4.54. The highest BCUT2D eigenvalue weighted by Crippen LogP contribution is 1.13. The summed E-state index contributed by atoms with van der Waals surface area (Å²) in [5.74, 6) is 0. The van der Waals surface area contributed by atoms with Gasteiger partial charge in [0.2, 0.25) is 0 Å². The minimum absolute atomic E-state index is 0.332. The normalized spacial score (nSPS) is 2.50. The first-order valence-corrected chi connectivity index (χ1v) is 1.71. The minimum Gasteiger partial charge on any atom is -0.270 e. The Hall–Kier alpha value is -0.513. The van der Waals surface area contributed by atoms with Crippen LogP contribution in [-0.4, -0.2) is 9.15 Å². The summed E-state index contributed by atoms with van der Waals surface area (Å²) in [4.78, 5) is 7.67. The first-order valence-electron chi connectivity index (χ1n) is 0.762. The zero-order valence-electron chi connectivity index (χ0n) is 2.02. The Kier molecular flexibility index (Phi) is 2.17. The summed E-state index contributed by atoms with van der Waals surface area (Å²) in [7, 11) is -0.332. The number of terminal acetylenes is 1. The van der Waals surface area contributed by atoms with E-state index in [1.54, 1.807) is 0 Å². The predicted molar refractivity (Wildman–Crippen MR) is 16.3 cm³/mol. The van der Waals surface area contributed by atoms with Gasteiger partial charge in [-0.2, -0.15) is 0 Å². The average Bonchev–Trinajstić information content (AvgIpc) is 1.37. The molecule has 0 heterocycles. The van der Waals surface area contributed by atoms with Crippen LogP contribution in [0.4, 0.5) is 0 Å². The molecular formula is C2HNSi. The van der Waals surface area contributed by atoms with Gasteiger partial charge in [-0.1, -0.05) is 0 Å². The van der Waals surface area contributed by atoms with Crippen LogP contribution in [0.25, 0.3) is 0 Å². The molecule has 0 aliphatic rings. The molecule has 0 aromatic heterocycles. The molecule has 0 bridgehead atoms. The van der Waals surface area contributed by atoms with Gasteiger partial charge in [0.15, 0.2) is 0 Å². The van der Waals surface area contributed by atoms with Crippen molar-refractivity contribution in [1.29, 1.82) is 4.89 Å². The van der Waals surface area contributed by atoms with Crippen LogP contribution in [-0.2, 0) is 0 Å². The maximum Gasteiger partial charge on any atom is 0.289 e. The second kappa shape index (κ2) is 2.49. The molecule has 0 aliphatic carbocycles. The molecule has 4 heavy (non-hydrogen) atoms. The van der Waals surface area contributed by atoms with Crippen LogP contribution in [0, 0.1) is 16.9 Å². The second-order valence-electron chi connectivity index (χ2n) is 0.256. The number of nitrogens with zero attached hydrogens (tertiary/aromatic N) is 1. The minimum atomic E-state index is -0.332. The third-order valence-electron chi connectivity index (χ3n) is 0.0645. The highest BCUT2D eigenvalue weighted by Gasteiger charge is 1.36. The second-order valence-corrected chi connectivity index (χ2v) is 0.768. The molecule has 0 N–H and O–H groups in total. The van der Waals surface area contributed by atoms with E-state index in [9.17, 15) is 0 Å². The Bertz CT molecular complexity index is 61.0. The predicted octanol–water partition coefficient (Wildman–Crippen LogP) is -0.239. The molecule has 0 saturated heterocycles. The quantitative estimate of drug-likeness (QED) is 0.283. The fourth-order valence-corrected chi connectivity index (χ4v) is 0. The Labute approximate surface area is 27.1 Å². The molecule has 0 amide bonds. The molecule has 0 aromatic carbocycles. The molecule has 0 rings (SSSR count). The summed E-state index contributed by atoms with van der Waals surface area (Å²) >= 11 is 0. The zero-order chi connectivity index (χ0) is 3.41. The van der Waals surface area contributed by atoms with Crippen LogP contribution in [0.3, 0.4) is 0 Å². The van der Waals surface area contributed by atoms with Crippen LogP contribution in [0.1, 0.15) is 0 Å². The van der Waals surface area contributed by atoms with Gasteiger partial charge in [-0.15, -0.1) is 6.42 Å². The number of hydrogen-bond acceptors (Lipinski definition) is 1. The Morgan fingerprint density at radius 3 is 2.25 bits per heavy atom. The zero-order valence-corrected chi connectivity index (χ0v) is 3.02. The van der Waals surface area contributed by atoms with E-state index in [1.807, 2.05) is 5.54 Å². The highest BCUT2D eigenvalue weighted by molar-refractivity contribution is 6.27. The SMILES string of the molecule is C#C[Si]#N. The Morgan fingerprint density at radius 1 is 2.00 bits per heavy atom. The maximum atomic E-state index is 7.67. The Balaban J connectivity index is 3.14. The van der Waals surface area contributed by atoms with E-state index >= 15 is 0 Å². The van der Waals surface area contributed by atoms with Gasteiger partial charge in [-0.25, -0.2) is 0 Å². The first-order chi connectivity index (χ1) is 1.91. The van der Waals surface area contributed by atoms with Gasteiger partial charge in [-0.3, -0.25) is 4.89 Å². The smallest absolute Gasteiger partial charge is 0.270 e. The molecule has 1 nitrogen and oxygen atoms in total. The molecule has 0 spiro atoms. The summed E-state index contributed by atoms with van der Waals surface area (Å²) in [6.45, 7) is 0. The summed E-state index contributed by atoms with van der Waals surface area (Å²) in [5.41, 5.74) is 2.01. The van der Waals surface area contributed by atoms with Gasteiger partial charge in [-0.05, 0) is 5.54 Å². The lowest BCUT2D eigenvalue weighted by Crippen LogP contribution is -1.44. The number of hydrogen-bond donors (Lipinski definition) is 0. The summed E-state index contributed by atoms with van der Waals surface area (Å²) < 4.78 is 0. The van der Waals surface area contributed by atoms with Gasteiger partial charge in [0.25, 0.3) is 9.15 Å². The topological polar surface area (TPSA) is 23.8 Å². The third-order valence-corrected chi connectivity index (χ3v) is 0.194. The fraction of sp³-hybridized carbons (Fsp3) is 0. The van der Waals surface area contributed by atoms with E-state index < -0.39 is 0 Å². The van der Waals surface area contributed by atoms with Crippen molar-refractivity contribution in [2.75, 3.05) is 0 Å². The molecule has 0 atom stereocenters. The van der Waals surface area contributed by atoms with Crippen molar-refractivity contribution < 1.29 is 0 Å². The highest BCUT2D eigenvalue weighted by atomic mass is 28.2. The summed E-state index contributed by atoms with van der Waals surface area (Å²) in [6, 6.07) is 0. The van der Waals surface area contributed by atoms with E-state index in [-0.39, 0.29) is 9.15 Å². The molecular weight excluding hydrogens is 66.1 g/mol. The van der Waals surface area contributed by atoms with Crippen molar-refractivity contribution in [3.8, 4) is 12.0 Å². The van der Waals surface area contributed by atoms with Crippen molar-refractivity contribution in [3.63, 3.8) is 0 Å². The van der Waals surface area contributed by atoms with Gasteiger partial charge < -0.3 is 0 Å². The van der Waals surface area contributed by atoms with Crippen molar-refractivity contribution in [2.45, 2.75) is 0 Å². The van der Waals surface area contributed by atoms with Crippen LogP contribution in [0.2, 0.25) is 0 Å². The van der Waals surface area contributed by atoms with Crippen LogP contribution >= 0.6 is 0 Å². The fourth-order valence-electron chi connectivity index (χ4n) is 0. The molecule has 0 fully saturated rings. The van der Waals surface area contributed by atoms with E-state index in [2.05, 4.69) is 6.42 Å². The van der Waals surface area contributed by atoms with E-state index in [1.165, 1.54) is 0 Å². The van der Waals surface area contributed by atoms with Crippen LogP contribution in [0.5, 0.6) is 0 Å². The van der Waals surface area contributed by atoms with Crippen LogP contribution < -0.4 is 0 Å². The van der Waals surface area contributed by atoms with Crippen molar-refractivity contribution in [1.82, 2.24) is 0 Å². The molecule has 2 heteroatoms. The molecule has 0 radical (unpaired) electrons. The lowest BCUT2D eigenvalue weighted by Gasteiger charge is -1.21. The monoisotopic (exact) mass is 67.0 g/mol. The lowest BCUT2D eigenvalue weighted by atomic mass is 11.4. The first kappa shape index (κ1) is 3.49. The van der Waals surface area contributed by atoms with Crippen molar-refractivity contribution in [2.24, 2.45) is 0 Å². The lowest BCUT2D eigenvalue weighted by molar-refractivity contribution is 1.63. The largest absolute Gasteiger partial charge is 0.289 e. The van der Waals surface area contributed by atoms with Gasteiger partial charge in [0, 0.05) is 0 Å². The molecule has 0 aliphatic heterocycles. The average molecular weight is 67.1 g/mol. The third kappa shape index (κ3) is 1.49. The molecule has 18 valence electrons. The Morgan fingerprint density at radius 2 is 2.25 bits per heavy atom. The van der Waals surface area contributed by atoms with E-state index in [4.69, 9.17) is 4.89 Å². The van der Waals surface area contributed by atoms with Gasteiger partial charge >= 0.3 is 0 Å². The van der Waals surface area contributed by atoms with Gasteiger partial charge in [0.1, 0.15) is 0 Å². The molecule has 0 aromatic rings. The molecule has 0 saturated carbocycles. The van der Waals surface area contributed by atoms with Gasteiger partial charge in [0.05, 0.1) is 0 Å². The summed E-state index contributed by atoms with van der Waals surface area (Å²) in [5, 5.41) is 0. The standard InChI is InChI=1S/C2HNSi/c1-2-4-3/h1H. The molecule has 0 unspecified atom stereocenters. The van der Waals surface area contributed by atoms with Crippen LogP contribution in [0.15, 0.2) is 0 Å². The number of rotatable bonds is 0. The van der Waals surface area contributed by atoms with E-state index in [0.29, 0.717) is 0 Å². The maximum absolute atomic E-state index is 7.67.